The van der Waals surface area contributed by atoms with Gasteiger partial charge < -0.3 is 14.4 Å². The molecule has 0 bridgehead atoms. The monoisotopic (exact) mass is 370 g/mol. The normalized spacial score (nSPS) is 15.3. The Morgan fingerprint density at radius 1 is 1.28 bits per heavy atom. The predicted molar refractivity (Wildman–Crippen MR) is 103 cm³/mol. The summed E-state index contributed by atoms with van der Waals surface area (Å²) in [6.07, 6.45) is 2.25. The van der Waals surface area contributed by atoms with Gasteiger partial charge in [0.15, 0.2) is 0 Å². The van der Waals surface area contributed by atoms with Gasteiger partial charge in [-0.3, -0.25) is 4.90 Å². The molecule has 1 aromatic rings. The van der Waals surface area contributed by atoms with Gasteiger partial charge in [-0.2, -0.15) is 0 Å². The zero-order valence-corrected chi connectivity index (χ0v) is 16.4. The Morgan fingerprint density at radius 3 is 2.60 bits per heavy atom. The number of likely N-dealkylation sites (N-methyl/N-ethyl adjacent to an activating group) is 1. The van der Waals surface area contributed by atoms with Crippen LogP contribution in [0.25, 0.3) is 0 Å². The van der Waals surface area contributed by atoms with E-state index >= 15 is 0 Å². The highest BCUT2D eigenvalue weighted by Gasteiger charge is 2.21. The molecule has 25 heavy (non-hydrogen) atoms. The fourth-order valence-electron chi connectivity index (χ4n) is 2.99. The quantitative estimate of drug-likeness (QED) is 0.699. The topological polar surface area (TPSA) is 42.0 Å². The van der Waals surface area contributed by atoms with Gasteiger partial charge in [0.05, 0.1) is 6.04 Å². The number of rotatable bonds is 8. The zero-order chi connectivity index (χ0) is 17.4. The number of para-hydroxylation sites is 1. The Hall–Kier alpha value is -1.46. The first kappa shape index (κ1) is 21.6. The first-order valence-electron chi connectivity index (χ1n) is 8.96. The minimum Gasteiger partial charge on any atom is -0.491 e. The highest BCUT2D eigenvalue weighted by Crippen LogP contribution is 2.17. The number of nitrogens with zero attached hydrogens (tertiary/aromatic N) is 2. The number of aryl methyl sites for hydroxylation is 1. The molecule has 0 radical (unpaired) electrons. The maximum Gasteiger partial charge on any atom is 0.410 e. The summed E-state index contributed by atoms with van der Waals surface area (Å²) in [4.78, 5) is 16.4. The minimum atomic E-state index is -0.252. The van der Waals surface area contributed by atoms with Crippen LogP contribution in [-0.2, 0) is 4.74 Å². The molecule has 2 rings (SSSR count). The van der Waals surface area contributed by atoms with Crippen LogP contribution in [0.1, 0.15) is 32.3 Å². The Bertz CT molecular complexity index is 521. The lowest BCUT2D eigenvalue weighted by Gasteiger charge is -2.27. The van der Waals surface area contributed by atoms with E-state index in [0.717, 1.165) is 30.9 Å². The molecule has 1 saturated heterocycles. The number of halogens is 1. The summed E-state index contributed by atoms with van der Waals surface area (Å²) in [6.45, 7) is 10.6. The molecule has 0 saturated carbocycles. The van der Waals surface area contributed by atoms with Crippen LogP contribution in [0.5, 0.6) is 5.75 Å². The van der Waals surface area contributed by atoms with E-state index in [1.54, 1.807) is 4.90 Å². The van der Waals surface area contributed by atoms with Crippen molar-refractivity contribution in [3.05, 3.63) is 29.8 Å². The van der Waals surface area contributed by atoms with Gasteiger partial charge in [-0.25, -0.2) is 4.79 Å². The number of likely N-dealkylation sites (tertiary alicyclic amines) is 1. The molecule has 0 aliphatic carbocycles. The van der Waals surface area contributed by atoms with Crippen LogP contribution in [-0.4, -0.2) is 61.3 Å². The number of hydrogen-bond acceptors (Lipinski definition) is 4. The summed E-state index contributed by atoms with van der Waals surface area (Å²) in [5.41, 5.74) is 1.10. The Kier molecular flexibility index (Phi) is 9.68. The van der Waals surface area contributed by atoms with Crippen molar-refractivity contribution in [1.29, 1.82) is 0 Å². The van der Waals surface area contributed by atoms with E-state index < -0.39 is 0 Å². The molecule has 1 heterocycles. The Morgan fingerprint density at radius 2 is 1.96 bits per heavy atom. The summed E-state index contributed by atoms with van der Waals surface area (Å²) < 4.78 is 11.3. The number of amides is 1. The SMILES string of the molecule is CCN(C(=O)OCCN1CCCC1)C(C)COc1ccccc1C.Cl. The van der Waals surface area contributed by atoms with E-state index in [0.29, 0.717) is 19.8 Å². The second-order valence-electron chi connectivity index (χ2n) is 6.37. The fraction of sp³-hybridized carbons (Fsp3) is 0.632. The number of carbonyl (C=O) groups excluding carboxylic acids is 1. The van der Waals surface area contributed by atoms with Crippen LogP contribution in [0.2, 0.25) is 0 Å². The average Bonchev–Trinajstić information content (AvgIpc) is 3.08. The molecule has 0 N–H and O–H groups in total. The van der Waals surface area contributed by atoms with Crippen molar-refractivity contribution < 1.29 is 14.3 Å². The van der Waals surface area contributed by atoms with Crippen LogP contribution in [0.15, 0.2) is 24.3 Å². The summed E-state index contributed by atoms with van der Waals surface area (Å²) in [7, 11) is 0. The van der Waals surface area contributed by atoms with Crippen LogP contribution < -0.4 is 4.74 Å². The average molecular weight is 371 g/mol. The van der Waals surface area contributed by atoms with E-state index in [-0.39, 0.29) is 24.5 Å². The molecule has 1 aromatic carbocycles. The molecule has 1 aliphatic heterocycles. The lowest BCUT2D eigenvalue weighted by Crippen LogP contribution is -2.42. The highest BCUT2D eigenvalue weighted by molar-refractivity contribution is 5.85. The smallest absolute Gasteiger partial charge is 0.410 e. The van der Waals surface area contributed by atoms with Gasteiger partial charge in [0.1, 0.15) is 19.0 Å². The van der Waals surface area contributed by atoms with E-state index in [9.17, 15) is 4.79 Å². The molecule has 0 spiro atoms. The molecule has 0 aromatic heterocycles. The maximum absolute atomic E-state index is 12.3. The number of hydrogen-bond donors (Lipinski definition) is 0. The number of carbonyl (C=O) groups is 1. The van der Waals surface area contributed by atoms with Gasteiger partial charge in [0, 0.05) is 13.1 Å². The molecule has 142 valence electrons. The van der Waals surface area contributed by atoms with Crippen molar-refractivity contribution in [2.45, 2.75) is 39.7 Å². The second kappa shape index (κ2) is 11.2. The zero-order valence-electron chi connectivity index (χ0n) is 15.6. The van der Waals surface area contributed by atoms with E-state index in [4.69, 9.17) is 9.47 Å². The molecule has 1 aliphatic rings. The largest absolute Gasteiger partial charge is 0.491 e. The van der Waals surface area contributed by atoms with Crippen LogP contribution >= 0.6 is 12.4 Å². The lowest BCUT2D eigenvalue weighted by atomic mass is 10.2. The summed E-state index contributed by atoms with van der Waals surface area (Å²) in [5.74, 6) is 0.864. The third-order valence-corrected chi connectivity index (χ3v) is 4.51. The Balaban J connectivity index is 0.00000312. The van der Waals surface area contributed by atoms with Crippen LogP contribution in [0, 0.1) is 6.92 Å². The third kappa shape index (κ3) is 6.75. The minimum absolute atomic E-state index is 0. The summed E-state index contributed by atoms with van der Waals surface area (Å²) >= 11 is 0. The molecule has 1 fully saturated rings. The molecule has 1 unspecified atom stereocenters. The van der Waals surface area contributed by atoms with Gasteiger partial charge in [-0.1, -0.05) is 18.2 Å². The summed E-state index contributed by atoms with van der Waals surface area (Å²) in [5, 5.41) is 0. The van der Waals surface area contributed by atoms with E-state index in [1.807, 2.05) is 45.0 Å². The van der Waals surface area contributed by atoms with Crippen molar-refractivity contribution in [2.75, 3.05) is 39.4 Å². The highest BCUT2D eigenvalue weighted by atomic mass is 35.5. The number of ether oxygens (including phenoxy) is 2. The van der Waals surface area contributed by atoms with Crippen molar-refractivity contribution in [3.8, 4) is 5.75 Å². The maximum atomic E-state index is 12.3. The number of benzene rings is 1. The second-order valence-corrected chi connectivity index (χ2v) is 6.37. The molecule has 1 amide bonds. The molecular weight excluding hydrogens is 340 g/mol. The van der Waals surface area contributed by atoms with Crippen molar-refractivity contribution in [2.24, 2.45) is 0 Å². The van der Waals surface area contributed by atoms with Gasteiger partial charge >= 0.3 is 6.09 Å². The molecule has 1 atom stereocenters. The molecule has 5 nitrogen and oxygen atoms in total. The molecular formula is C19H31ClN2O3. The van der Waals surface area contributed by atoms with Gasteiger partial charge in [0.25, 0.3) is 0 Å². The first-order valence-corrected chi connectivity index (χ1v) is 8.96. The fourth-order valence-corrected chi connectivity index (χ4v) is 2.99. The van der Waals surface area contributed by atoms with Crippen molar-refractivity contribution in [3.63, 3.8) is 0 Å². The first-order chi connectivity index (χ1) is 11.6. The lowest BCUT2D eigenvalue weighted by molar-refractivity contribution is 0.0730. The van der Waals surface area contributed by atoms with Crippen molar-refractivity contribution >= 4 is 18.5 Å². The molecule has 6 heteroatoms. The van der Waals surface area contributed by atoms with Gasteiger partial charge in [0.2, 0.25) is 0 Å². The summed E-state index contributed by atoms with van der Waals surface area (Å²) in [6, 6.07) is 7.88. The van der Waals surface area contributed by atoms with E-state index in [1.165, 1.54) is 12.8 Å². The van der Waals surface area contributed by atoms with Gasteiger partial charge in [-0.15, -0.1) is 12.4 Å². The van der Waals surface area contributed by atoms with E-state index in [2.05, 4.69) is 4.90 Å². The van der Waals surface area contributed by atoms with Crippen molar-refractivity contribution in [1.82, 2.24) is 9.80 Å². The van der Waals surface area contributed by atoms with Crippen LogP contribution in [0.3, 0.4) is 0 Å². The predicted octanol–water partition coefficient (Wildman–Crippen LogP) is 3.74. The third-order valence-electron chi connectivity index (χ3n) is 4.51. The van der Waals surface area contributed by atoms with Crippen LogP contribution in [0.4, 0.5) is 4.79 Å². The Labute approximate surface area is 157 Å². The van der Waals surface area contributed by atoms with Gasteiger partial charge in [-0.05, 0) is 58.3 Å². The standard InChI is InChI=1S/C19H30N2O3.ClH/c1-4-21(19(22)23-14-13-20-11-7-8-12-20)17(3)15-24-18-10-6-5-9-16(18)2;/h5-6,9-10,17H,4,7-8,11-15H2,1-3H3;1H.